The van der Waals surface area contributed by atoms with Crippen LogP contribution >= 0.6 is 0 Å². The van der Waals surface area contributed by atoms with Gasteiger partial charge in [0.15, 0.2) is 0 Å². The third-order valence-electron chi connectivity index (χ3n) is 5.86. The van der Waals surface area contributed by atoms with E-state index in [0.29, 0.717) is 0 Å². The van der Waals surface area contributed by atoms with E-state index in [0.717, 1.165) is 6.42 Å². The maximum Gasteiger partial charge on any atom is 0.0503 e. The monoisotopic (exact) mass is 376 g/mol. The number of H-pyrrole nitrogens is 1. The molecule has 142 valence electrons. The van der Waals surface area contributed by atoms with Gasteiger partial charge in [-0.25, -0.2) is 0 Å². The fourth-order valence-electron chi connectivity index (χ4n) is 4.58. The van der Waals surface area contributed by atoms with E-state index < -0.39 is 0 Å². The van der Waals surface area contributed by atoms with Crippen molar-refractivity contribution in [3.05, 3.63) is 109 Å². The van der Waals surface area contributed by atoms with Crippen LogP contribution in [0.1, 0.15) is 23.5 Å². The number of hydrogen-bond acceptors (Lipinski definition) is 0. The molecule has 0 aliphatic heterocycles. The molecule has 0 fully saturated rings. The Morgan fingerprint density at radius 3 is 2.38 bits per heavy atom. The molecule has 0 bridgehead atoms. The number of fused-ring (bicyclic) bond motifs is 2. The molecule has 0 radical (unpaired) electrons. The summed E-state index contributed by atoms with van der Waals surface area (Å²) in [6, 6.07) is 27.9. The number of aromatic amines is 1. The topological polar surface area (TPSA) is 20.7 Å². The summed E-state index contributed by atoms with van der Waals surface area (Å²) in [6.45, 7) is 4.09. The third-order valence-corrected chi connectivity index (χ3v) is 5.86. The van der Waals surface area contributed by atoms with Crippen LogP contribution in [0, 0.1) is 0 Å². The zero-order chi connectivity index (χ0) is 19.8. The summed E-state index contributed by atoms with van der Waals surface area (Å²) in [4.78, 5) is 3.70. The molecule has 2 nitrogen and oxygen atoms in total. The molecule has 0 aliphatic carbocycles. The van der Waals surface area contributed by atoms with E-state index in [4.69, 9.17) is 0 Å². The Kier molecular flexibility index (Phi) is 4.33. The van der Waals surface area contributed by atoms with E-state index in [2.05, 4.69) is 108 Å². The molecule has 2 aromatic heterocycles. The van der Waals surface area contributed by atoms with E-state index in [-0.39, 0.29) is 5.92 Å². The van der Waals surface area contributed by atoms with Gasteiger partial charge >= 0.3 is 0 Å². The molecule has 2 heterocycles. The summed E-state index contributed by atoms with van der Waals surface area (Å²) in [5, 5.41) is 2.59. The van der Waals surface area contributed by atoms with Gasteiger partial charge in [-0.1, -0.05) is 72.8 Å². The van der Waals surface area contributed by atoms with Crippen LogP contribution in [0.5, 0.6) is 0 Å². The Labute approximate surface area is 171 Å². The third kappa shape index (κ3) is 2.89. The maximum absolute atomic E-state index is 4.09. The highest BCUT2D eigenvalue weighted by Crippen LogP contribution is 2.42. The lowest BCUT2D eigenvalue weighted by atomic mass is 9.85. The maximum atomic E-state index is 4.09. The number of hydrogen-bond donors (Lipinski definition) is 1. The van der Waals surface area contributed by atoms with E-state index >= 15 is 0 Å². The van der Waals surface area contributed by atoms with Crippen LogP contribution in [0.4, 0.5) is 0 Å². The molecular formula is C27H24N2. The van der Waals surface area contributed by atoms with Gasteiger partial charge in [-0.05, 0) is 35.2 Å². The lowest BCUT2D eigenvalue weighted by Crippen LogP contribution is -2.01. The first-order chi connectivity index (χ1) is 14.3. The average Bonchev–Trinajstić information content (AvgIpc) is 3.31. The molecule has 3 aromatic carbocycles. The smallest absolute Gasteiger partial charge is 0.0503 e. The highest BCUT2D eigenvalue weighted by Gasteiger charge is 2.25. The van der Waals surface area contributed by atoms with Crippen LogP contribution in [-0.4, -0.2) is 9.55 Å². The summed E-state index contributed by atoms with van der Waals surface area (Å²) in [5.41, 5.74) is 7.56. The largest absolute Gasteiger partial charge is 0.354 e. The number of aromatic nitrogens is 2. The van der Waals surface area contributed by atoms with Gasteiger partial charge in [-0.2, -0.15) is 0 Å². The Bertz CT molecular complexity index is 1300. The normalized spacial score (nSPS) is 12.4. The number of nitrogens with one attached hydrogen (secondary N) is 1. The predicted molar refractivity (Wildman–Crippen MR) is 123 cm³/mol. The highest BCUT2D eigenvalue weighted by atomic mass is 14.9. The molecule has 5 aromatic rings. The lowest BCUT2D eigenvalue weighted by molar-refractivity contribution is 0.835. The van der Waals surface area contributed by atoms with Gasteiger partial charge < -0.3 is 9.55 Å². The summed E-state index contributed by atoms with van der Waals surface area (Å²) in [7, 11) is 2.13. The Hall–Kier alpha value is -3.52. The van der Waals surface area contributed by atoms with E-state index in [1.165, 1.54) is 44.2 Å². The number of nitrogens with zero attached hydrogens (tertiary/aromatic N) is 1. The fraction of sp³-hybridized carbons (Fsp3) is 0.111. The summed E-state index contributed by atoms with van der Waals surface area (Å²) in [5.74, 6) is 0.227. The van der Waals surface area contributed by atoms with Crippen molar-refractivity contribution in [3.63, 3.8) is 0 Å². The Morgan fingerprint density at radius 1 is 0.897 bits per heavy atom. The van der Waals surface area contributed by atoms with E-state index in [1.807, 2.05) is 6.08 Å². The van der Waals surface area contributed by atoms with Crippen molar-refractivity contribution in [1.82, 2.24) is 9.55 Å². The Morgan fingerprint density at radius 2 is 1.59 bits per heavy atom. The molecule has 0 aliphatic rings. The van der Waals surface area contributed by atoms with Gasteiger partial charge in [-0.3, -0.25) is 0 Å². The summed E-state index contributed by atoms with van der Waals surface area (Å²) >= 11 is 0. The minimum atomic E-state index is 0.227. The van der Waals surface area contributed by atoms with Crippen molar-refractivity contribution in [2.75, 3.05) is 0 Å². The average molecular weight is 377 g/mol. The van der Waals surface area contributed by atoms with Crippen molar-refractivity contribution in [2.45, 2.75) is 12.3 Å². The highest BCUT2D eigenvalue weighted by molar-refractivity contribution is 5.93. The predicted octanol–water partition coefficient (Wildman–Crippen LogP) is 7.03. The second-order valence-corrected chi connectivity index (χ2v) is 7.61. The molecule has 0 saturated heterocycles. The lowest BCUT2D eigenvalue weighted by Gasteiger charge is -2.17. The van der Waals surface area contributed by atoms with Gasteiger partial charge in [0.2, 0.25) is 0 Å². The van der Waals surface area contributed by atoms with E-state index in [1.54, 1.807) is 0 Å². The number of rotatable bonds is 5. The SMILES string of the molecule is C=CCC(c1c(-c2ccccc2)[nH]c2ccccc12)c1cn(C)c2ccccc12. The van der Waals surface area contributed by atoms with Gasteiger partial charge in [0.25, 0.3) is 0 Å². The van der Waals surface area contributed by atoms with Crippen LogP contribution in [-0.2, 0) is 7.05 Å². The van der Waals surface area contributed by atoms with Crippen molar-refractivity contribution in [2.24, 2.45) is 7.05 Å². The van der Waals surface area contributed by atoms with Crippen LogP contribution in [0.25, 0.3) is 33.1 Å². The fourth-order valence-corrected chi connectivity index (χ4v) is 4.58. The first-order valence-corrected chi connectivity index (χ1v) is 10.1. The zero-order valence-electron chi connectivity index (χ0n) is 16.6. The van der Waals surface area contributed by atoms with Crippen molar-refractivity contribution < 1.29 is 0 Å². The zero-order valence-corrected chi connectivity index (χ0v) is 16.6. The van der Waals surface area contributed by atoms with Crippen molar-refractivity contribution >= 4 is 21.8 Å². The van der Waals surface area contributed by atoms with Crippen LogP contribution in [0.15, 0.2) is 97.7 Å². The second-order valence-electron chi connectivity index (χ2n) is 7.61. The first kappa shape index (κ1) is 17.6. The van der Waals surface area contributed by atoms with Crippen LogP contribution in [0.3, 0.4) is 0 Å². The molecule has 0 spiro atoms. The molecule has 1 atom stereocenters. The number of para-hydroxylation sites is 2. The minimum absolute atomic E-state index is 0.227. The van der Waals surface area contributed by atoms with Gasteiger partial charge in [-0.15, -0.1) is 6.58 Å². The second kappa shape index (κ2) is 7.14. The molecule has 0 saturated carbocycles. The molecule has 1 N–H and O–H groups in total. The molecule has 2 heteroatoms. The molecule has 5 rings (SSSR count). The molecule has 29 heavy (non-hydrogen) atoms. The first-order valence-electron chi connectivity index (χ1n) is 10.1. The van der Waals surface area contributed by atoms with Crippen LogP contribution in [0.2, 0.25) is 0 Å². The number of aryl methyl sites for hydroxylation is 1. The van der Waals surface area contributed by atoms with Gasteiger partial charge in [0, 0.05) is 41.0 Å². The quantitative estimate of drug-likeness (QED) is 0.318. The minimum Gasteiger partial charge on any atom is -0.354 e. The summed E-state index contributed by atoms with van der Waals surface area (Å²) in [6.07, 6.45) is 5.22. The van der Waals surface area contributed by atoms with E-state index in [9.17, 15) is 0 Å². The number of benzene rings is 3. The standard InChI is InChI=1S/C27H24N2/c1-3-11-21(23-18-29(2)25-17-10-8-14-20(23)25)26-22-15-7-9-16-24(22)28-27(26)19-12-5-4-6-13-19/h3-10,12-18,21,28H,1,11H2,2H3. The molecule has 1 unspecified atom stereocenters. The Balaban J connectivity index is 1.83. The number of allylic oxidation sites excluding steroid dienone is 1. The van der Waals surface area contributed by atoms with Crippen molar-refractivity contribution in [3.8, 4) is 11.3 Å². The van der Waals surface area contributed by atoms with Crippen molar-refractivity contribution in [1.29, 1.82) is 0 Å². The van der Waals surface area contributed by atoms with Gasteiger partial charge in [0.05, 0.1) is 5.69 Å². The molecular weight excluding hydrogens is 352 g/mol. The van der Waals surface area contributed by atoms with Crippen LogP contribution < -0.4 is 0 Å². The summed E-state index contributed by atoms with van der Waals surface area (Å²) < 4.78 is 2.23. The molecule has 0 amide bonds. The van der Waals surface area contributed by atoms with Gasteiger partial charge in [0.1, 0.15) is 0 Å².